The third kappa shape index (κ3) is 5.42. The highest BCUT2D eigenvalue weighted by atomic mass is 32.2. The lowest BCUT2D eigenvalue weighted by molar-refractivity contribution is 0.554. The van der Waals surface area contributed by atoms with E-state index in [1.807, 2.05) is 19.3 Å². The first-order valence-electron chi connectivity index (χ1n) is 5.24. The Morgan fingerprint density at radius 2 is 2.00 bits per heavy atom. The van der Waals surface area contributed by atoms with Crippen molar-refractivity contribution in [1.29, 1.82) is 0 Å². The van der Waals surface area contributed by atoms with Crippen LogP contribution >= 0.6 is 24.4 Å². The molecule has 15 heavy (non-hydrogen) atoms. The van der Waals surface area contributed by atoms with Crippen LogP contribution in [0.3, 0.4) is 0 Å². The van der Waals surface area contributed by atoms with Crippen LogP contribution in [-0.2, 0) is 0 Å². The molecule has 1 aromatic rings. The van der Waals surface area contributed by atoms with E-state index in [-0.39, 0.29) is 0 Å². The molecule has 0 spiro atoms. The van der Waals surface area contributed by atoms with E-state index in [9.17, 15) is 0 Å². The van der Waals surface area contributed by atoms with Gasteiger partial charge in [0.25, 0.3) is 0 Å². The molecule has 84 valence electrons. The maximum absolute atomic E-state index is 4.26. The monoisotopic (exact) mass is 242 g/mol. The average Bonchev–Trinajstić information content (AvgIpc) is 2.21. The second-order valence-electron chi connectivity index (χ2n) is 3.80. The Labute approximate surface area is 102 Å². The summed E-state index contributed by atoms with van der Waals surface area (Å²) in [7, 11) is 0. The second-order valence-corrected chi connectivity index (χ2v) is 5.31. The summed E-state index contributed by atoms with van der Waals surface area (Å²) in [5.41, 5.74) is 1.11. The number of nitrogens with zero attached hydrogens (tertiary/aromatic N) is 2. The minimum Gasteiger partial charge on any atom is -0.231 e. The fraction of sp³-hybridized carbons (Fsp3) is 0.636. The molecule has 1 rings (SSSR count). The van der Waals surface area contributed by atoms with Crippen molar-refractivity contribution in [1.82, 2.24) is 9.97 Å². The number of hydrogen-bond donors (Lipinski definition) is 1. The second kappa shape index (κ2) is 7.12. The number of rotatable bonds is 6. The fourth-order valence-corrected chi connectivity index (χ4v) is 2.57. The summed E-state index contributed by atoms with van der Waals surface area (Å²) in [6.07, 6.45) is 6.14. The van der Waals surface area contributed by atoms with Gasteiger partial charge in [0.2, 0.25) is 0 Å². The van der Waals surface area contributed by atoms with Crippen molar-refractivity contribution in [3.05, 3.63) is 18.0 Å². The van der Waals surface area contributed by atoms with Crippen molar-refractivity contribution >= 4 is 24.4 Å². The normalized spacial score (nSPS) is 12.7. The van der Waals surface area contributed by atoms with Crippen molar-refractivity contribution in [3.63, 3.8) is 0 Å². The molecule has 0 aliphatic heterocycles. The molecule has 0 saturated heterocycles. The molecule has 1 atom stereocenters. The molecule has 1 unspecified atom stereocenters. The van der Waals surface area contributed by atoms with Crippen molar-refractivity contribution in [2.75, 3.05) is 11.5 Å². The maximum atomic E-state index is 4.26. The summed E-state index contributed by atoms with van der Waals surface area (Å²) in [6, 6.07) is 0. The van der Waals surface area contributed by atoms with Gasteiger partial charge in [-0.15, -0.1) is 0 Å². The van der Waals surface area contributed by atoms with Crippen LogP contribution in [0.4, 0.5) is 0 Å². The molecular weight excluding hydrogens is 224 g/mol. The Balaban J connectivity index is 2.22. The van der Waals surface area contributed by atoms with Crippen LogP contribution in [0.5, 0.6) is 0 Å². The fourth-order valence-electron chi connectivity index (χ4n) is 1.17. The zero-order chi connectivity index (χ0) is 11.1. The summed E-state index contributed by atoms with van der Waals surface area (Å²) in [4.78, 5) is 8.52. The number of aromatic nitrogens is 2. The zero-order valence-corrected chi connectivity index (χ0v) is 11.0. The molecule has 0 bridgehead atoms. The number of hydrogen-bond acceptors (Lipinski definition) is 4. The van der Waals surface area contributed by atoms with Gasteiger partial charge in [0.15, 0.2) is 5.16 Å². The van der Waals surface area contributed by atoms with Crippen molar-refractivity contribution in [3.8, 4) is 0 Å². The van der Waals surface area contributed by atoms with E-state index < -0.39 is 0 Å². The molecule has 0 aliphatic carbocycles. The number of thioether (sulfide) groups is 1. The molecule has 2 nitrogen and oxygen atoms in total. The first kappa shape index (κ1) is 12.8. The van der Waals surface area contributed by atoms with Crippen LogP contribution in [0.1, 0.15) is 25.3 Å². The number of aryl methyl sites for hydroxylation is 1. The Morgan fingerprint density at radius 1 is 1.33 bits per heavy atom. The lowest BCUT2D eigenvalue weighted by atomic mass is 10.1. The van der Waals surface area contributed by atoms with E-state index in [0.717, 1.165) is 28.1 Å². The molecule has 0 radical (unpaired) electrons. The third-order valence-electron chi connectivity index (χ3n) is 2.22. The SMILES string of the molecule is Cc1cnc(SCCC(C)CCS)nc1. The molecule has 0 aliphatic rings. The maximum Gasteiger partial charge on any atom is 0.187 e. The highest BCUT2D eigenvalue weighted by Gasteiger charge is 2.02. The summed E-state index contributed by atoms with van der Waals surface area (Å²) >= 11 is 5.97. The van der Waals surface area contributed by atoms with Gasteiger partial charge in [-0.25, -0.2) is 9.97 Å². The van der Waals surface area contributed by atoms with E-state index in [4.69, 9.17) is 0 Å². The standard InChI is InChI=1S/C11H18N2S2/c1-9(3-5-14)4-6-15-11-12-7-10(2)8-13-11/h7-9,14H,3-6H2,1-2H3. The van der Waals surface area contributed by atoms with Gasteiger partial charge in [-0.1, -0.05) is 18.7 Å². The average molecular weight is 242 g/mol. The minimum absolute atomic E-state index is 0.750. The molecule has 0 fully saturated rings. The molecule has 0 saturated carbocycles. The van der Waals surface area contributed by atoms with Gasteiger partial charge in [-0.05, 0) is 37.0 Å². The van der Waals surface area contributed by atoms with Gasteiger partial charge in [0.05, 0.1) is 0 Å². The van der Waals surface area contributed by atoms with Crippen LogP contribution in [0.25, 0.3) is 0 Å². The Kier molecular flexibility index (Phi) is 6.10. The first-order chi connectivity index (χ1) is 7.22. The topological polar surface area (TPSA) is 25.8 Å². The van der Waals surface area contributed by atoms with E-state index in [2.05, 4.69) is 29.5 Å². The van der Waals surface area contributed by atoms with Crippen LogP contribution in [0.2, 0.25) is 0 Å². The zero-order valence-electron chi connectivity index (χ0n) is 9.31. The molecule has 4 heteroatoms. The van der Waals surface area contributed by atoms with Gasteiger partial charge in [0.1, 0.15) is 0 Å². The van der Waals surface area contributed by atoms with Crippen LogP contribution in [0, 0.1) is 12.8 Å². The predicted octanol–water partition coefficient (Wildman–Crippen LogP) is 3.22. The minimum atomic E-state index is 0.750. The van der Waals surface area contributed by atoms with Crippen molar-refractivity contribution in [2.24, 2.45) is 5.92 Å². The van der Waals surface area contributed by atoms with Crippen LogP contribution in [-0.4, -0.2) is 21.5 Å². The van der Waals surface area contributed by atoms with Gasteiger partial charge in [0, 0.05) is 18.1 Å². The van der Waals surface area contributed by atoms with Gasteiger partial charge >= 0.3 is 0 Å². The quantitative estimate of drug-likeness (QED) is 0.471. The largest absolute Gasteiger partial charge is 0.231 e. The molecule has 1 aromatic heterocycles. The first-order valence-corrected chi connectivity index (χ1v) is 6.86. The molecule has 1 heterocycles. The van der Waals surface area contributed by atoms with Crippen molar-refractivity contribution in [2.45, 2.75) is 31.8 Å². The molecule has 0 N–H and O–H groups in total. The van der Waals surface area contributed by atoms with Gasteiger partial charge < -0.3 is 0 Å². The number of thiol groups is 1. The smallest absolute Gasteiger partial charge is 0.187 e. The highest BCUT2D eigenvalue weighted by molar-refractivity contribution is 7.99. The summed E-state index contributed by atoms with van der Waals surface area (Å²) in [6.45, 7) is 4.27. The Morgan fingerprint density at radius 3 is 2.60 bits per heavy atom. The highest BCUT2D eigenvalue weighted by Crippen LogP contribution is 2.17. The Hall–Kier alpha value is -0.220. The summed E-state index contributed by atoms with van der Waals surface area (Å²) in [5, 5.41) is 0.888. The van der Waals surface area contributed by atoms with E-state index in [1.165, 1.54) is 12.8 Å². The third-order valence-corrected chi connectivity index (χ3v) is 3.39. The molecule has 0 aromatic carbocycles. The summed E-state index contributed by atoms with van der Waals surface area (Å²) in [5.74, 6) is 2.82. The molecule has 0 amide bonds. The van der Waals surface area contributed by atoms with Gasteiger partial charge in [-0.2, -0.15) is 12.6 Å². The van der Waals surface area contributed by atoms with E-state index >= 15 is 0 Å². The van der Waals surface area contributed by atoms with Crippen LogP contribution in [0.15, 0.2) is 17.6 Å². The van der Waals surface area contributed by atoms with E-state index in [1.54, 1.807) is 11.8 Å². The Bertz CT molecular complexity index is 274. The van der Waals surface area contributed by atoms with E-state index in [0.29, 0.717) is 0 Å². The predicted molar refractivity (Wildman–Crippen MR) is 69.7 cm³/mol. The molecular formula is C11H18N2S2. The lowest BCUT2D eigenvalue weighted by Gasteiger charge is -2.08. The van der Waals surface area contributed by atoms with Crippen LogP contribution < -0.4 is 0 Å². The van der Waals surface area contributed by atoms with Crippen molar-refractivity contribution < 1.29 is 0 Å². The van der Waals surface area contributed by atoms with Gasteiger partial charge in [-0.3, -0.25) is 0 Å². The lowest BCUT2D eigenvalue weighted by Crippen LogP contribution is -1.98. The summed E-state index contributed by atoms with van der Waals surface area (Å²) < 4.78 is 0.